The molecule has 0 fully saturated rings. The molecule has 0 saturated heterocycles. The van der Waals surface area contributed by atoms with E-state index in [-0.39, 0.29) is 0 Å². The van der Waals surface area contributed by atoms with Crippen LogP contribution in [0.1, 0.15) is 17.3 Å². The van der Waals surface area contributed by atoms with E-state index < -0.39 is 0 Å². The fourth-order valence-corrected chi connectivity index (χ4v) is 3.37. The van der Waals surface area contributed by atoms with Crippen molar-refractivity contribution in [1.82, 2.24) is 24.1 Å². The summed E-state index contributed by atoms with van der Waals surface area (Å²) >= 11 is 1.71. The van der Waals surface area contributed by atoms with E-state index in [0.717, 1.165) is 41.5 Å². The van der Waals surface area contributed by atoms with Gasteiger partial charge in [0.1, 0.15) is 5.82 Å². The Labute approximate surface area is 138 Å². The number of rotatable bonds is 4. The molecule has 0 aliphatic rings. The zero-order chi connectivity index (χ0) is 15.8. The number of imidazole rings is 1. The minimum Gasteiger partial charge on any atom is -0.337 e. The van der Waals surface area contributed by atoms with Crippen molar-refractivity contribution in [3.05, 3.63) is 59.3 Å². The molecule has 0 aliphatic heterocycles. The lowest BCUT2D eigenvalue weighted by atomic mass is 10.3. The summed E-state index contributed by atoms with van der Waals surface area (Å²) in [6.07, 6.45) is 3.70. The molecule has 6 heteroatoms. The first kappa shape index (κ1) is 14.1. The van der Waals surface area contributed by atoms with Crippen LogP contribution < -0.4 is 0 Å². The van der Waals surface area contributed by atoms with Crippen LogP contribution in [0.2, 0.25) is 0 Å². The zero-order valence-corrected chi connectivity index (χ0v) is 13.9. The lowest BCUT2D eigenvalue weighted by molar-refractivity contribution is 0.743. The molecule has 0 radical (unpaired) electrons. The first-order valence-corrected chi connectivity index (χ1v) is 8.46. The summed E-state index contributed by atoms with van der Waals surface area (Å²) in [7, 11) is 2.04. The third-order valence-electron chi connectivity index (χ3n) is 3.91. The number of nitrogens with zero attached hydrogens (tertiary/aromatic N) is 5. The average Bonchev–Trinajstić information content (AvgIpc) is 3.24. The maximum absolute atomic E-state index is 4.75. The molecular weight excluding hydrogens is 306 g/mol. The summed E-state index contributed by atoms with van der Waals surface area (Å²) in [5, 5.41) is 6.66. The molecule has 0 unspecified atom stereocenters. The van der Waals surface area contributed by atoms with E-state index in [1.807, 2.05) is 36.7 Å². The van der Waals surface area contributed by atoms with Gasteiger partial charge in [-0.15, -0.1) is 11.3 Å². The molecule has 0 bridgehead atoms. The van der Waals surface area contributed by atoms with Crippen LogP contribution in [0.3, 0.4) is 0 Å². The molecule has 116 valence electrons. The van der Waals surface area contributed by atoms with Crippen molar-refractivity contribution in [2.24, 2.45) is 7.05 Å². The second kappa shape index (κ2) is 5.62. The van der Waals surface area contributed by atoms with Crippen LogP contribution in [-0.2, 0) is 19.9 Å². The van der Waals surface area contributed by atoms with Crippen LogP contribution in [0.25, 0.3) is 16.2 Å². The maximum Gasteiger partial charge on any atom is 0.155 e. The Morgan fingerprint density at radius 2 is 2.00 bits per heavy atom. The Kier molecular flexibility index (Phi) is 3.46. The quantitative estimate of drug-likeness (QED) is 0.579. The van der Waals surface area contributed by atoms with Crippen molar-refractivity contribution in [2.75, 3.05) is 0 Å². The third kappa shape index (κ3) is 2.66. The van der Waals surface area contributed by atoms with Gasteiger partial charge in [-0.3, -0.25) is 0 Å². The molecule has 0 saturated carbocycles. The summed E-state index contributed by atoms with van der Waals surface area (Å²) in [6.45, 7) is 2.04. The molecule has 0 aliphatic carbocycles. The van der Waals surface area contributed by atoms with E-state index in [4.69, 9.17) is 4.98 Å². The first-order chi connectivity index (χ1) is 11.2. The predicted octanol–water partition coefficient (Wildman–Crippen LogP) is 3.28. The number of pyridine rings is 1. The number of hydrogen-bond donors (Lipinski definition) is 0. The van der Waals surface area contributed by atoms with Crippen LogP contribution in [0.4, 0.5) is 0 Å². The lowest BCUT2D eigenvalue weighted by Gasteiger charge is -1.98. The normalized spacial score (nSPS) is 11.4. The Balaban J connectivity index is 1.55. The smallest absolute Gasteiger partial charge is 0.155 e. The third-order valence-corrected chi connectivity index (χ3v) is 4.80. The zero-order valence-electron chi connectivity index (χ0n) is 13.1. The van der Waals surface area contributed by atoms with Crippen molar-refractivity contribution >= 4 is 17.0 Å². The van der Waals surface area contributed by atoms with Gasteiger partial charge in [0.25, 0.3) is 0 Å². The van der Waals surface area contributed by atoms with Crippen LogP contribution in [0, 0.1) is 6.92 Å². The van der Waals surface area contributed by atoms with E-state index in [9.17, 15) is 0 Å². The van der Waals surface area contributed by atoms with Crippen molar-refractivity contribution in [3.8, 4) is 10.6 Å². The van der Waals surface area contributed by atoms with Gasteiger partial charge in [-0.2, -0.15) is 5.10 Å². The van der Waals surface area contributed by atoms with Gasteiger partial charge in [0.15, 0.2) is 11.5 Å². The number of fused-ring (bicyclic) bond motifs is 1. The first-order valence-electron chi connectivity index (χ1n) is 7.58. The van der Waals surface area contributed by atoms with Gasteiger partial charge in [-0.1, -0.05) is 12.1 Å². The maximum atomic E-state index is 4.75. The number of thiophene rings is 1. The molecule has 0 spiro atoms. The summed E-state index contributed by atoms with van der Waals surface area (Å²) in [5.74, 6) is 1.92. The summed E-state index contributed by atoms with van der Waals surface area (Å²) in [5.41, 5.74) is 3.04. The SMILES string of the molecule is Cc1cccc2nc(CCc3nc(-c4cccs4)cn3C)nn12. The highest BCUT2D eigenvalue weighted by Crippen LogP contribution is 2.23. The standard InChI is InChI=1S/C17H17N5S/c1-12-5-3-7-17-19-15(20-22(12)17)8-9-16-18-13(11-21(16)2)14-6-4-10-23-14/h3-7,10-11H,8-9H2,1-2H3. The van der Waals surface area contributed by atoms with Gasteiger partial charge in [-0.05, 0) is 30.5 Å². The van der Waals surface area contributed by atoms with Crippen LogP contribution in [-0.4, -0.2) is 24.1 Å². The van der Waals surface area contributed by atoms with Crippen molar-refractivity contribution in [1.29, 1.82) is 0 Å². The minimum atomic E-state index is 0.788. The monoisotopic (exact) mass is 323 g/mol. The molecule has 5 nitrogen and oxygen atoms in total. The molecule has 0 aromatic carbocycles. The molecule has 4 heterocycles. The molecule has 4 aromatic rings. The highest BCUT2D eigenvalue weighted by atomic mass is 32.1. The Hall–Kier alpha value is -2.47. The number of hydrogen-bond acceptors (Lipinski definition) is 4. The van der Waals surface area contributed by atoms with Crippen LogP contribution >= 0.6 is 11.3 Å². The molecule has 4 rings (SSSR count). The van der Waals surface area contributed by atoms with Crippen molar-refractivity contribution < 1.29 is 0 Å². The van der Waals surface area contributed by atoms with Gasteiger partial charge in [0.2, 0.25) is 0 Å². The molecular formula is C17H17N5S. The average molecular weight is 323 g/mol. The van der Waals surface area contributed by atoms with Crippen LogP contribution in [0.5, 0.6) is 0 Å². The van der Waals surface area contributed by atoms with Gasteiger partial charge in [0.05, 0.1) is 10.6 Å². The molecule has 4 aromatic heterocycles. The van der Waals surface area contributed by atoms with Gasteiger partial charge < -0.3 is 4.57 Å². The minimum absolute atomic E-state index is 0.788. The Bertz CT molecular complexity index is 949. The van der Waals surface area contributed by atoms with E-state index in [1.54, 1.807) is 11.3 Å². The Morgan fingerprint density at radius 3 is 2.78 bits per heavy atom. The topological polar surface area (TPSA) is 48.0 Å². The number of aryl methyl sites for hydroxylation is 4. The van der Waals surface area contributed by atoms with Crippen LogP contribution in [0.15, 0.2) is 41.9 Å². The van der Waals surface area contributed by atoms with Gasteiger partial charge in [0, 0.05) is 31.8 Å². The second-order valence-corrected chi connectivity index (χ2v) is 6.54. The lowest BCUT2D eigenvalue weighted by Crippen LogP contribution is -2.01. The summed E-state index contributed by atoms with van der Waals surface area (Å²) in [6, 6.07) is 10.2. The molecule has 0 amide bonds. The van der Waals surface area contributed by atoms with Gasteiger partial charge in [-0.25, -0.2) is 14.5 Å². The molecule has 0 N–H and O–H groups in total. The largest absolute Gasteiger partial charge is 0.337 e. The van der Waals surface area contributed by atoms with Gasteiger partial charge >= 0.3 is 0 Å². The van der Waals surface area contributed by atoms with E-state index in [0.29, 0.717) is 0 Å². The second-order valence-electron chi connectivity index (χ2n) is 5.60. The highest BCUT2D eigenvalue weighted by Gasteiger charge is 2.10. The summed E-state index contributed by atoms with van der Waals surface area (Å²) in [4.78, 5) is 10.5. The van der Waals surface area contributed by atoms with E-state index in [2.05, 4.69) is 38.4 Å². The molecule has 0 atom stereocenters. The van der Waals surface area contributed by atoms with E-state index >= 15 is 0 Å². The van der Waals surface area contributed by atoms with E-state index in [1.165, 1.54) is 4.88 Å². The fourth-order valence-electron chi connectivity index (χ4n) is 2.69. The highest BCUT2D eigenvalue weighted by molar-refractivity contribution is 7.13. The van der Waals surface area contributed by atoms with Crippen molar-refractivity contribution in [2.45, 2.75) is 19.8 Å². The van der Waals surface area contributed by atoms with Crippen molar-refractivity contribution in [3.63, 3.8) is 0 Å². The molecule has 23 heavy (non-hydrogen) atoms. The fraction of sp³-hybridized carbons (Fsp3) is 0.235. The Morgan fingerprint density at radius 1 is 1.09 bits per heavy atom. The number of aromatic nitrogens is 5. The predicted molar refractivity (Wildman–Crippen MR) is 91.7 cm³/mol. The summed E-state index contributed by atoms with van der Waals surface area (Å²) < 4.78 is 3.99.